The zero-order chi connectivity index (χ0) is 18.3. The summed E-state index contributed by atoms with van der Waals surface area (Å²) < 4.78 is 23.3. The van der Waals surface area contributed by atoms with E-state index >= 15 is 0 Å². The molecule has 0 saturated heterocycles. The molecule has 2 atom stereocenters. The van der Waals surface area contributed by atoms with Gasteiger partial charge in [-0.2, -0.15) is 0 Å². The Morgan fingerprint density at radius 3 is 2.46 bits per heavy atom. The Kier molecular flexibility index (Phi) is 8.29. The van der Waals surface area contributed by atoms with Crippen molar-refractivity contribution in [1.82, 2.24) is 0 Å². The maximum Gasteiger partial charge on any atom is 0.306 e. The standard InChI is InChI=1S/C18H27IO5/c1-7-16(20)24-18(5,8-2)13-10-14(19)17(15(11-13)21-6)23-12(4)22-9-3/h10-12H,7-9H2,1-6H3. The van der Waals surface area contributed by atoms with Crippen LogP contribution in [0.4, 0.5) is 0 Å². The molecular formula is C18H27IO5. The van der Waals surface area contributed by atoms with Gasteiger partial charge in [0.1, 0.15) is 5.60 Å². The summed E-state index contributed by atoms with van der Waals surface area (Å²) in [5, 5.41) is 0. The third kappa shape index (κ3) is 5.24. The second-order valence-electron chi connectivity index (χ2n) is 5.54. The lowest BCUT2D eigenvalue weighted by Gasteiger charge is -2.30. The average molecular weight is 450 g/mol. The number of methoxy groups -OCH3 is 1. The Balaban J connectivity index is 3.23. The molecule has 5 nitrogen and oxygen atoms in total. The zero-order valence-electron chi connectivity index (χ0n) is 15.3. The SMILES string of the molecule is CCOC(C)Oc1c(I)cc(C(C)(CC)OC(=O)CC)cc1OC. The Morgan fingerprint density at radius 1 is 1.29 bits per heavy atom. The second-order valence-corrected chi connectivity index (χ2v) is 6.70. The highest BCUT2D eigenvalue weighted by Crippen LogP contribution is 2.40. The number of hydrogen-bond acceptors (Lipinski definition) is 5. The van der Waals surface area contributed by atoms with E-state index < -0.39 is 5.60 Å². The van der Waals surface area contributed by atoms with E-state index in [1.54, 1.807) is 14.0 Å². The Labute approximate surface area is 158 Å². The highest BCUT2D eigenvalue weighted by Gasteiger charge is 2.31. The maximum absolute atomic E-state index is 11.8. The van der Waals surface area contributed by atoms with E-state index in [4.69, 9.17) is 18.9 Å². The molecule has 136 valence electrons. The van der Waals surface area contributed by atoms with Crippen molar-refractivity contribution in [2.24, 2.45) is 0 Å². The summed E-state index contributed by atoms with van der Waals surface area (Å²) in [6, 6.07) is 3.83. The number of ether oxygens (including phenoxy) is 4. The van der Waals surface area contributed by atoms with Crippen molar-refractivity contribution in [2.45, 2.75) is 59.4 Å². The first kappa shape index (κ1) is 21.0. The van der Waals surface area contributed by atoms with E-state index in [0.717, 1.165) is 9.13 Å². The highest BCUT2D eigenvalue weighted by molar-refractivity contribution is 14.1. The van der Waals surface area contributed by atoms with Crippen molar-refractivity contribution in [1.29, 1.82) is 0 Å². The van der Waals surface area contributed by atoms with E-state index in [-0.39, 0.29) is 12.3 Å². The van der Waals surface area contributed by atoms with Crippen molar-refractivity contribution >= 4 is 28.6 Å². The Hall–Kier alpha value is -1.02. The summed E-state index contributed by atoms with van der Waals surface area (Å²) in [7, 11) is 1.59. The minimum absolute atomic E-state index is 0.224. The number of benzene rings is 1. The van der Waals surface area contributed by atoms with Gasteiger partial charge >= 0.3 is 5.97 Å². The molecule has 1 rings (SSSR count). The average Bonchev–Trinajstić information content (AvgIpc) is 2.56. The highest BCUT2D eigenvalue weighted by atomic mass is 127. The van der Waals surface area contributed by atoms with Crippen molar-refractivity contribution < 1.29 is 23.7 Å². The molecule has 0 radical (unpaired) electrons. The molecule has 0 bridgehead atoms. The van der Waals surface area contributed by atoms with Crippen LogP contribution in [0, 0.1) is 3.57 Å². The largest absolute Gasteiger partial charge is 0.493 e. The van der Waals surface area contributed by atoms with Crippen LogP contribution in [0.2, 0.25) is 0 Å². The number of rotatable bonds is 9. The van der Waals surface area contributed by atoms with E-state index in [1.165, 1.54) is 0 Å². The first-order valence-corrected chi connectivity index (χ1v) is 9.27. The van der Waals surface area contributed by atoms with Crippen molar-refractivity contribution in [3.8, 4) is 11.5 Å². The van der Waals surface area contributed by atoms with Crippen LogP contribution >= 0.6 is 22.6 Å². The number of hydrogen-bond donors (Lipinski definition) is 0. The zero-order valence-corrected chi connectivity index (χ0v) is 17.4. The molecule has 0 spiro atoms. The van der Waals surface area contributed by atoms with Gasteiger partial charge in [0.2, 0.25) is 0 Å². The Bertz CT molecular complexity index is 561. The van der Waals surface area contributed by atoms with Crippen LogP contribution < -0.4 is 9.47 Å². The molecule has 1 aromatic rings. The molecule has 1 aromatic carbocycles. The van der Waals surface area contributed by atoms with E-state index in [2.05, 4.69) is 22.6 Å². The molecule has 0 amide bonds. The normalized spacial score (nSPS) is 14.6. The fourth-order valence-corrected chi connectivity index (χ4v) is 2.96. The topological polar surface area (TPSA) is 54.0 Å². The van der Waals surface area contributed by atoms with Crippen LogP contribution in [-0.4, -0.2) is 26.0 Å². The number of halogens is 1. The lowest BCUT2D eigenvalue weighted by Crippen LogP contribution is -2.28. The first-order valence-electron chi connectivity index (χ1n) is 8.19. The van der Waals surface area contributed by atoms with Crippen LogP contribution in [0.3, 0.4) is 0 Å². The molecule has 0 aromatic heterocycles. The summed E-state index contributed by atoms with van der Waals surface area (Å²) in [5.41, 5.74) is 0.175. The molecule has 0 saturated carbocycles. The summed E-state index contributed by atoms with van der Waals surface area (Å²) in [6.07, 6.45) is 0.628. The van der Waals surface area contributed by atoms with Crippen LogP contribution in [0.5, 0.6) is 11.5 Å². The third-order valence-corrected chi connectivity index (χ3v) is 4.63. The van der Waals surface area contributed by atoms with Gasteiger partial charge in [0.25, 0.3) is 0 Å². The van der Waals surface area contributed by atoms with Gasteiger partial charge in [-0.3, -0.25) is 4.79 Å². The lowest BCUT2D eigenvalue weighted by atomic mass is 9.92. The van der Waals surface area contributed by atoms with Crippen molar-refractivity contribution in [3.63, 3.8) is 0 Å². The van der Waals surface area contributed by atoms with E-state index in [9.17, 15) is 4.79 Å². The molecule has 6 heteroatoms. The molecule has 0 aliphatic heterocycles. The minimum atomic E-state index is -0.704. The summed E-state index contributed by atoms with van der Waals surface area (Å²) in [4.78, 5) is 11.8. The molecular weight excluding hydrogens is 423 g/mol. The van der Waals surface area contributed by atoms with Crippen LogP contribution in [0.15, 0.2) is 12.1 Å². The number of carbonyl (C=O) groups is 1. The molecule has 0 heterocycles. The van der Waals surface area contributed by atoms with Gasteiger partial charge < -0.3 is 18.9 Å². The number of esters is 1. The predicted molar refractivity (Wildman–Crippen MR) is 101 cm³/mol. The van der Waals surface area contributed by atoms with Gasteiger partial charge in [0.05, 0.1) is 10.7 Å². The monoisotopic (exact) mass is 450 g/mol. The lowest BCUT2D eigenvalue weighted by molar-refractivity contribution is -0.159. The number of carbonyl (C=O) groups excluding carboxylic acids is 1. The van der Waals surface area contributed by atoms with Gasteiger partial charge in [0.15, 0.2) is 17.8 Å². The molecule has 0 N–H and O–H groups in total. The molecule has 24 heavy (non-hydrogen) atoms. The third-order valence-electron chi connectivity index (χ3n) is 3.83. The predicted octanol–water partition coefficient (Wildman–Crippen LogP) is 4.64. The first-order chi connectivity index (χ1) is 11.3. The van der Waals surface area contributed by atoms with Gasteiger partial charge in [-0.1, -0.05) is 13.8 Å². The van der Waals surface area contributed by atoms with Crippen molar-refractivity contribution in [3.05, 3.63) is 21.3 Å². The van der Waals surface area contributed by atoms with E-state index in [1.807, 2.05) is 39.8 Å². The molecule has 0 aliphatic rings. The molecule has 0 aliphatic carbocycles. The van der Waals surface area contributed by atoms with Crippen LogP contribution in [0.1, 0.15) is 53.0 Å². The fraction of sp³-hybridized carbons (Fsp3) is 0.611. The van der Waals surface area contributed by atoms with Crippen LogP contribution in [0.25, 0.3) is 0 Å². The second kappa shape index (κ2) is 9.46. The van der Waals surface area contributed by atoms with Crippen molar-refractivity contribution in [2.75, 3.05) is 13.7 Å². The van der Waals surface area contributed by atoms with E-state index in [0.29, 0.717) is 30.9 Å². The summed E-state index contributed by atoms with van der Waals surface area (Å²) in [5.74, 6) is 0.998. The Morgan fingerprint density at radius 2 is 1.96 bits per heavy atom. The summed E-state index contributed by atoms with van der Waals surface area (Å²) in [6.45, 7) is 10.0. The minimum Gasteiger partial charge on any atom is -0.493 e. The van der Waals surface area contributed by atoms with Gasteiger partial charge in [-0.25, -0.2) is 0 Å². The molecule has 0 fully saturated rings. The quantitative estimate of drug-likeness (QED) is 0.312. The van der Waals surface area contributed by atoms with Crippen LogP contribution in [-0.2, 0) is 19.9 Å². The fourth-order valence-electron chi connectivity index (χ4n) is 2.23. The van der Waals surface area contributed by atoms with Gasteiger partial charge in [-0.15, -0.1) is 0 Å². The van der Waals surface area contributed by atoms with Gasteiger partial charge in [0, 0.05) is 18.6 Å². The maximum atomic E-state index is 11.8. The smallest absolute Gasteiger partial charge is 0.306 e. The molecule has 2 unspecified atom stereocenters. The summed E-state index contributed by atoms with van der Waals surface area (Å²) >= 11 is 2.20. The van der Waals surface area contributed by atoms with Gasteiger partial charge in [-0.05, 0) is 61.9 Å².